The molecular weight excluding hydrogens is 282 g/mol. The third kappa shape index (κ3) is 3.30. The van der Waals surface area contributed by atoms with Crippen molar-refractivity contribution in [1.82, 2.24) is 5.32 Å². The van der Waals surface area contributed by atoms with E-state index in [9.17, 15) is 13.6 Å². The van der Waals surface area contributed by atoms with Gasteiger partial charge in [-0.05, 0) is 12.1 Å². The van der Waals surface area contributed by atoms with Gasteiger partial charge < -0.3 is 10.6 Å². The van der Waals surface area contributed by atoms with E-state index in [0.717, 1.165) is 12.1 Å². The summed E-state index contributed by atoms with van der Waals surface area (Å²) in [5.74, 6) is -1.69. The molecule has 2 amide bonds. The Morgan fingerprint density at radius 2 is 2.00 bits per heavy atom. The summed E-state index contributed by atoms with van der Waals surface area (Å²) in [5, 5.41) is 4.41. The minimum absolute atomic E-state index is 0.214. The van der Waals surface area contributed by atoms with Gasteiger partial charge in [0, 0.05) is 11.0 Å². The van der Waals surface area contributed by atoms with Crippen molar-refractivity contribution in [3.8, 4) is 0 Å². The van der Waals surface area contributed by atoms with Crippen molar-refractivity contribution in [3.63, 3.8) is 0 Å². The van der Waals surface area contributed by atoms with Crippen LogP contribution >= 0.6 is 15.9 Å². The van der Waals surface area contributed by atoms with Gasteiger partial charge in [0.05, 0.1) is 0 Å². The molecule has 6 heteroatoms. The second-order valence-electron chi connectivity index (χ2n) is 2.87. The van der Waals surface area contributed by atoms with Gasteiger partial charge in [0.15, 0.2) is 11.6 Å². The molecule has 0 aliphatic carbocycles. The first-order chi connectivity index (χ1) is 7.54. The van der Waals surface area contributed by atoms with Gasteiger partial charge in [0.1, 0.15) is 5.69 Å². The molecule has 3 nitrogen and oxygen atoms in total. The average molecular weight is 291 g/mol. The highest BCUT2D eigenvalue weighted by Gasteiger charge is 2.12. The highest BCUT2D eigenvalue weighted by molar-refractivity contribution is 9.10. The normalized spacial score (nSPS) is 9.69. The fourth-order valence-corrected chi connectivity index (χ4v) is 1.39. The lowest BCUT2D eigenvalue weighted by Crippen LogP contribution is -2.29. The Hall–Kier alpha value is -1.43. The summed E-state index contributed by atoms with van der Waals surface area (Å²) < 4.78 is 26.8. The summed E-state index contributed by atoms with van der Waals surface area (Å²) in [7, 11) is 0. The molecule has 1 rings (SSSR count). The number of anilines is 1. The van der Waals surface area contributed by atoms with Crippen LogP contribution in [0.3, 0.4) is 0 Å². The van der Waals surface area contributed by atoms with E-state index in [4.69, 9.17) is 0 Å². The van der Waals surface area contributed by atoms with E-state index in [1.165, 1.54) is 6.08 Å². The number of halogens is 3. The van der Waals surface area contributed by atoms with Crippen molar-refractivity contribution < 1.29 is 13.6 Å². The second-order valence-corrected chi connectivity index (χ2v) is 3.78. The van der Waals surface area contributed by atoms with Gasteiger partial charge in [-0.25, -0.2) is 13.6 Å². The van der Waals surface area contributed by atoms with Crippen LogP contribution in [0, 0.1) is 11.6 Å². The van der Waals surface area contributed by atoms with Crippen LogP contribution in [-0.4, -0.2) is 12.6 Å². The molecule has 0 aliphatic heterocycles. The number of amides is 2. The van der Waals surface area contributed by atoms with Crippen molar-refractivity contribution in [3.05, 3.63) is 40.9 Å². The number of benzene rings is 1. The summed E-state index contributed by atoms with van der Waals surface area (Å²) in [6.07, 6.45) is 1.45. The Balaban J connectivity index is 2.81. The Kier molecular flexibility index (Phi) is 4.42. The zero-order valence-electron chi connectivity index (χ0n) is 8.19. The van der Waals surface area contributed by atoms with Crippen molar-refractivity contribution >= 4 is 27.6 Å². The molecule has 0 radical (unpaired) electrons. The van der Waals surface area contributed by atoms with Gasteiger partial charge in [-0.3, -0.25) is 0 Å². The topological polar surface area (TPSA) is 41.1 Å². The molecule has 0 aliphatic rings. The predicted octanol–water partition coefficient (Wildman–Crippen LogP) is 3.03. The molecule has 0 bridgehead atoms. The molecule has 0 unspecified atom stereocenters. The number of hydrogen-bond donors (Lipinski definition) is 2. The van der Waals surface area contributed by atoms with Crippen LogP contribution in [0.1, 0.15) is 0 Å². The maximum absolute atomic E-state index is 13.3. The SMILES string of the molecule is C=CCNC(=O)Nc1c(F)cc(Br)cc1F. The molecule has 1 aromatic carbocycles. The lowest BCUT2D eigenvalue weighted by atomic mass is 10.3. The molecule has 2 N–H and O–H groups in total. The van der Waals surface area contributed by atoms with Crippen LogP contribution in [0.2, 0.25) is 0 Å². The Labute approximate surface area is 99.7 Å². The first-order valence-electron chi connectivity index (χ1n) is 4.35. The van der Waals surface area contributed by atoms with Crippen LogP contribution in [0.15, 0.2) is 29.3 Å². The molecule has 86 valence electrons. The molecule has 16 heavy (non-hydrogen) atoms. The highest BCUT2D eigenvalue weighted by Crippen LogP contribution is 2.23. The summed E-state index contributed by atoms with van der Waals surface area (Å²) in [4.78, 5) is 11.1. The van der Waals surface area contributed by atoms with Crippen molar-refractivity contribution in [2.24, 2.45) is 0 Å². The molecule has 0 fully saturated rings. The molecule has 0 saturated heterocycles. The molecule has 0 heterocycles. The number of rotatable bonds is 3. The van der Waals surface area contributed by atoms with E-state index >= 15 is 0 Å². The highest BCUT2D eigenvalue weighted by atomic mass is 79.9. The molecule has 0 saturated carbocycles. The maximum Gasteiger partial charge on any atom is 0.319 e. The third-order valence-corrected chi connectivity index (χ3v) is 2.11. The fourth-order valence-electron chi connectivity index (χ4n) is 0.984. The first kappa shape index (κ1) is 12.6. The number of carbonyl (C=O) groups is 1. The van der Waals surface area contributed by atoms with E-state index < -0.39 is 23.4 Å². The molecule has 0 atom stereocenters. The van der Waals surface area contributed by atoms with Gasteiger partial charge in [0.2, 0.25) is 0 Å². The Morgan fingerprint density at radius 1 is 1.44 bits per heavy atom. The van der Waals surface area contributed by atoms with E-state index in [-0.39, 0.29) is 11.0 Å². The summed E-state index contributed by atoms with van der Waals surface area (Å²) in [6.45, 7) is 3.60. The largest absolute Gasteiger partial charge is 0.334 e. The molecular formula is C10H9BrF2N2O. The van der Waals surface area contributed by atoms with Gasteiger partial charge in [-0.1, -0.05) is 22.0 Å². The van der Waals surface area contributed by atoms with E-state index in [0.29, 0.717) is 0 Å². The Bertz CT molecular complexity index is 400. The quantitative estimate of drug-likeness (QED) is 0.826. The van der Waals surface area contributed by atoms with Crippen molar-refractivity contribution in [2.45, 2.75) is 0 Å². The third-order valence-electron chi connectivity index (χ3n) is 1.65. The smallest absolute Gasteiger partial charge is 0.319 e. The van der Waals surface area contributed by atoms with Crippen LogP contribution in [0.4, 0.5) is 19.3 Å². The van der Waals surface area contributed by atoms with Gasteiger partial charge in [0.25, 0.3) is 0 Å². The van der Waals surface area contributed by atoms with Gasteiger partial charge in [-0.15, -0.1) is 6.58 Å². The van der Waals surface area contributed by atoms with Crippen LogP contribution < -0.4 is 10.6 Å². The predicted molar refractivity (Wildman–Crippen MR) is 61.3 cm³/mol. The average Bonchev–Trinajstić information content (AvgIpc) is 2.20. The van der Waals surface area contributed by atoms with E-state index in [2.05, 4.69) is 33.1 Å². The Morgan fingerprint density at radius 3 is 2.50 bits per heavy atom. The summed E-state index contributed by atoms with van der Waals surface area (Å²) in [5.41, 5.74) is -0.482. The minimum atomic E-state index is -0.847. The summed E-state index contributed by atoms with van der Waals surface area (Å²) in [6, 6.07) is 1.43. The number of urea groups is 1. The fraction of sp³-hybridized carbons (Fsp3) is 0.100. The first-order valence-corrected chi connectivity index (χ1v) is 5.14. The van der Waals surface area contributed by atoms with E-state index in [1.807, 2.05) is 0 Å². The number of nitrogens with one attached hydrogen (secondary N) is 2. The van der Waals surface area contributed by atoms with Crippen molar-refractivity contribution in [1.29, 1.82) is 0 Å². The van der Waals surface area contributed by atoms with Crippen LogP contribution in [0.25, 0.3) is 0 Å². The van der Waals surface area contributed by atoms with Crippen molar-refractivity contribution in [2.75, 3.05) is 11.9 Å². The zero-order chi connectivity index (χ0) is 12.1. The maximum atomic E-state index is 13.3. The number of carbonyl (C=O) groups excluding carboxylic acids is 1. The number of hydrogen-bond acceptors (Lipinski definition) is 1. The van der Waals surface area contributed by atoms with E-state index in [1.54, 1.807) is 0 Å². The monoisotopic (exact) mass is 290 g/mol. The zero-order valence-corrected chi connectivity index (χ0v) is 9.77. The van der Waals surface area contributed by atoms with Crippen LogP contribution in [0.5, 0.6) is 0 Å². The van der Waals surface area contributed by atoms with Gasteiger partial charge >= 0.3 is 6.03 Å². The minimum Gasteiger partial charge on any atom is -0.334 e. The second kappa shape index (κ2) is 5.60. The standard InChI is InChI=1S/C10H9BrF2N2O/c1-2-3-14-10(16)15-9-7(12)4-6(11)5-8(9)13/h2,4-5H,1,3H2,(H2,14,15,16). The molecule has 0 aromatic heterocycles. The molecule has 1 aromatic rings. The summed E-state index contributed by atoms with van der Waals surface area (Å²) >= 11 is 2.93. The van der Waals surface area contributed by atoms with Crippen LogP contribution in [-0.2, 0) is 0 Å². The lowest BCUT2D eigenvalue weighted by molar-refractivity contribution is 0.253. The van der Waals surface area contributed by atoms with Gasteiger partial charge in [-0.2, -0.15) is 0 Å². The lowest BCUT2D eigenvalue weighted by Gasteiger charge is -2.08. The molecule has 0 spiro atoms.